The van der Waals surface area contributed by atoms with E-state index in [-0.39, 0.29) is 6.04 Å². The van der Waals surface area contributed by atoms with Crippen molar-refractivity contribution in [3.8, 4) is 11.4 Å². The van der Waals surface area contributed by atoms with Crippen molar-refractivity contribution in [2.24, 2.45) is 0 Å². The molecule has 4 rings (SSSR count). The van der Waals surface area contributed by atoms with Crippen LogP contribution >= 0.6 is 11.6 Å². The molecule has 2 aromatic carbocycles. The second-order valence-electron chi connectivity index (χ2n) is 7.09. The van der Waals surface area contributed by atoms with E-state index >= 15 is 0 Å². The predicted octanol–water partition coefficient (Wildman–Crippen LogP) is 3.81. The number of piperazine rings is 1. The van der Waals surface area contributed by atoms with Crippen LogP contribution in [0.2, 0.25) is 5.15 Å². The molecule has 5 nitrogen and oxygen atoms in total. The van der Waals surface area contributed by atoms with Gasteiger partial charge in [0.05, 0.1) is 11.7 Å². The van der Waals surface area contributed by atoms with Gasteiger partial charge in [0.2, 0.25) is 0 Å². The van der Waals surface area contributed by atoms with Gasteiger partial charge in [0.15, 0.2) is 5.15 Å². The molecule has 1 aromatic heterocycles. The van der Waals surface area contributed by atoms with Crippen LogP contribution in [0.15, 0.2) is 60.7 Å². The summed E-state index contributed by atoms with van der Waals surface area (Å²) < 4.78 is 0. The Morgan fingerprint density at radius 3 is 2.29 bits per heavy atom. The summed E-state index contributed by atoms with van der Waals surface area (Å²) in [6.45, 7) is 4.79. The third-order valence-electron chi connectivity index (χ3n) is 5.34. The number of imidazole rings is 1. The molecule has 0 radical (unpaired) electrons. The average Bonchev–Trinajstić information content (AvgIpc) is 3.15. The lowest BCUT2D eigenvalue weighted by Gasteiger charge is -2.40. The van der Waals surface area contributed by atoms with E-state index < -0.39 is 0 Å². The molecule has 0 spiro atoms. The van der Waals surface area contributed by atoms with Crippen LogP contribution in [0.5, 0.6) is 0 Å². The molecule has 1 fully saturated rings. The van der Waals surface area contributed by atoms with E-state index in [1.54, 1.807) is 0 Å². The summed E-state index contributed by atoms with van der Waals surface area (Å²) in [6, 6.07) is 20.9. The topological polar surface area (TPSA) is 47.2 Å². The number of H-pyrrole nitrogens is 1. The van der Waals surface area contributed by atoms with Crippen molar-refractivity contribution in [3.05, 3.63) is 71.5 Å². The maximum atomic E-state index is 6.56. The van der Waals surface area contributed by atoms with Crippen LogP contribution in [0.25, 0.3) is 11.4 Å². The highest BCUT2D eigenvalue weighted by atomic mass is 35.5. The Morgan fingerprint density at radius 2 is 1.64 bits per heavy atom. The minimum atomic E-state index is 0.167. The number of anilines is 1. The molecule has 0 aliphatic carbocycles. The van der Waals surface area contributed by atoms with Gasteiger partial charge in [0.1, 0.15) is 5.82 Å². The lowest BCUT2D eigenvalue weighted by molar-refractivity contribution is 0.181. The molecule has 0 saturated carbocycles. The van der Waals surface area contributed by atoms with Gasteiger partial charge in [0.25, 0.3) is 0 Å². The summed E-state index contributed by atoms with van der Waals surface area (Å²) in [4.78, 5) is 13.0. The Kier molecular flexibility index (Phi) is 5.95. The molecule has 1 aliphatic rings. The minimum absolute atomic E-state index is 0.167. The number of nitrogens with one attached hydrogen (secondary N) is 2. The van der Waals surface area contributed by atoms with Crippen LogP contribution in [-0.4, -0.2) is 54.6 Å². The Bertz CT molecular complexity index is 872. The molecule has 0 amide bonds. The van der Waals surface area contributed by atoms with Crippen LogP contribution in [0.1, 0.15) is 11.7 Å². The van der Waals surface area contributed by atoms with Crippen molar-refractivity contribution in [1.82, 2.24) is 20.2 Å². The number of halogens is 1. The van der Waals surface area contributed by atoms with Crippen molar-refractivity contribution in [3.63, 3.8) is 0 Å². The Hall–Kier alpha value is -2.34. The Balaban J connectivity index is 1.51. The van der Waals surface area contributed by atoms with Gasteiger partial charge in [-0.15, -0.1) is 0 Å². The normalized spacial score (nSPS) is 16.3. The number of nitrogens with zero attached hydrogens (tertiary/aromatic N) is 3. The fourth-order valence-corrected chi connectivity index (χ4v) is 4.11. The molecule has 2 heterocycles. The summed E-state index contributed by atoms with van der Waals surface area (Å²) in [5, 5.41) is 3.88. The van der Waals surface area contributed by atoms with Gasteiger partial charge >= 0.3 is 0 Å². The molecule has 1 saturated heterocycles. The summed E-state index contributed by atoms with van der Waals surface area (Å²) in [7, 11) is 1.98. The van der Waals surface area contributed by atoms with E-state index in [1.807, 2.05) is 37.4 Å². The first-order valence-corrected chi connectivity index (χ1v) is 10.1. The smallest absolute Gasteiger partial charge is 0.152 e. The first kappa shape index (κ1) is 19.0. The minimum Gasteiger partial charge on any atom is -0.369 e. The molecule has 1 aliphatic heterocycles. The zero-order chi connectivity index (χ0) is 19.3. The maximum Gasteiger partial charge on any atom is 0.152 e. The van der Waals surface area contributed by atoms with Crippen LogP contribution in [0, 0.1) is 0 Å². The number of benzene rings is 2. The first-order valence-electron chi connectivity index (χ1n) is 9.75. The van der Waals surface area contributed by atoms with Crippen molar-refractivity contribution in [1.29, 1.82) is 0 Å². The predicted molar refractivity (Wildman–Crippen MR) is 116 cm³/mol. The number of likely N-dealkylation sites (N-methyl/N-ethyl adjacent to an activating group) is 1. The highest BCUT2D eigenvalue weighted by Crippen LogP contribution is 2.30. The monoisotopic (exact) mass is 395 g/mol. The molecular formula is C22H26ClN5. The second kappa shape index (κ2) is 8.78. The van der Waals surface area contributed by atoms with Crippen molar-refractivity contribution in [2.45, 2.75) is 6.04 Å². The van der Waals surface area contributed by atoms with Gasteiger partial charge in [-0.3, -0.25) is 4.90 Å². The lowest BCUT2D eigenvalue weighted by Crippen LogP contribution is -2.49. The summed E-state index contributed by atoms with van der Waals surface area (Å²) >= 11 is 6.56. The molecular weight excluding hydrogens is 370 g/mol. The number of hydrogen-bond acceptors (Lipinski definition) is 4. The van der Waals surface area contributed by atoms with Crippen molar-refractivity contribution in [2.75, 3.05) is 44.7 Å². The number of para-hydroxylation sites is 1. The SMILES string of the molecule is CNCC(c1[nH]c(-c2ccccc2)nc1Cl)N1CCN(c2ccccc2)CC1. The summed E-state index contributed by atoms with van der Waals surface area (Å²) in [6.07, 6.45) is 0. The molecule has 0 bridgehead atoms. The highest BCUT2D eigenvalue weighted by molar-refractivity contribution is 6.30. The van der Waals surface area contributed by atoms with E-state index in [0.29, 0.717) is 5.15 Å². The van der Waals surface area contributed by atoms with Gasteiger partial charge in [-0.05, 0) is 19.2 Å². The quantitative estimate of drug-likeness (QED) is 0.666. The molecule has 146 valence electrons. The zero-order valence-electron chi connectivity index (χ0n) is 16.1. The largest absolute Gasteiger partial charge is 0.369 e. The van der Waals surface area contributed by atoms with E-state index in [2.05, 4.69) is 55.4 Å². The fourth-order valence-electron chi connectivity index (χ4n) is 3.86. The van der Waals surface area contributed by atoms with E-state index in [0.717, 1.165) is 49.8 Å². The fraction of sp³-hybridized carbons (Fsp3) is 0.318. The van der Waals surface area contributed by atoms with Crippen LogP contribution in [0.4, 0.5) is 5.69 Å². The highest BCUT2D eigenvalue weighted by Gasteiger charge is 2.28. The van der Waals surface area contributed by atoms with Gasteiger partial charge in [0, 0.05) is 44.0 Å². The molecule has 2 N–H and O–H groups in total. The van der Waals surface area contributed by atoms with Crippen molar-refractivity contribution < 1.29 is 0 Å². The first-order chi connectivity index (χ1) is 13.8. The lowest BCUT2D eigenvalue weighted by atomic mass is 10.1. The third kappa shape index (κ3) is 4.07. The Morgan fingerprint density at radius 1 is 1.00 bits per heavy atom. The zero-order valence-corrected chi connectivity index (χ0v) is 16.9. The van der Waals surface area contributed by atoms with Crippen LogP contribution < -0.4 is 10.2 Å². The van der Waals surface area contributed by atoms with Crippen molar-refractivity contribution >= 4 is 17.3 Å². The standard InChI is InChI=1S/C22H26ClN5/c1-24-16-19(20-21(23)26-22(25-20)17-8-4-2-5-9-17)28-14-12-27(13-15-28)18-10-6-3-7-11-18/h2-11,19,24H,12-16H2,1H3,(H,25,26). The summed E-state index contributed by atoms with van der Waals surface area (Å²) in [5.74, 6) is 0.824. The summed E-state index contributed by atoms with van der Waals surface area (Å²) in [5.41, 5.74) is 3.33. The molecule has 3 aromatic rings. The van der Waals surface area contributed by atoms with E-state index in [9.17, 15) is 0 Å². The number of aromatic amines is 1. The Labute approximate surface area is 171 Å². The van der Waals surface area contributed by atoms with Gasteiger partial charge in [-0.25, -0.2) is 4.98 Å². The molecule has 28 heavy (non-hydrogen) atoms. The third-order valence-corrected chi connectivity index (χ3v) is 5.63. The van der Waals surface area contributed by atoms with E-state index in [1.165, 1.54) is 5.69 Å². The van der Waals surface area contributed by atoms with Crippen LogP contribution in [-0.2, 0) is 0 Å². The number of hydrogen-bond donors (Lipinski definition) is 2. The maximum absolute atomic E-state index is 6.56. The van der Waals surface area contributed by atoms with E-state index in [4.69, 9.17) is 11.6 Å². The molecule has 1 atom stereocenters. The van der Waals surface area contributed by atoms with Gasteiger partial charge < -0.3 is 15.2 Å². The average molecular weight is 396 g/mol. The number of aromatic nitrogens is 2. The van der Waals surface area contributed by atoms with Gasteiger partial charge in [-0.2, -0.15) is 0 Å². The number of rotatable bonds is 6. The molecule has 6 heteroatoms. The second-order valence-corrected chi connectivity index (χ2v) is 7.45. The van der Waals surface area contributed by atoms with Gasteiger partial charge in [-0.1, -0.05) is 60.1 Å². The molecule has 1 unspecified atom stereocenters. The van der Waals surface area contributed by atoms with Crippen LogP contribution in [0.3, 0.4) is 0 Å².